The molecule has 0 aliphatic rings. The third-order valence-corrected chi connectivity index (χ3v) is 5.77. The summed E-state index contributed by atoms with van der Waals surface area (Å²) in [6.07, 6.45) is 3.31. The van der Waals surface area contributed by atoms with Crippen LogP contribution >= 0.6 is 7.60 Å². The second kappa shape index (κ2) is 11.8. The van der Waals surface area contributed by atoms with Gasteiger partial charge in [0.1, 0.15) is 5.75 Å². The Morgan fingerprint density at radius 3 is 2.30 bits per heavy atom. The van der Waals surface area contributed by atoms with Crippen LogP contribution in [0.2, 0.25) is 0 Å². The van der Waals surface area contributed by atoms with Crippen molar-refractivity contribution in [3.05, 3.63) is 42.0 Å². The fraction of sp³-hybridized carbons (Fsp3) is 0.500. The molecule has 0 amide bonds. The Morgan fingerprint density at radius 2 is 1.78 bits per heavy atom. The van der Waals surface area contributed by atoms with Gasteiger partial charge in [0.2, 0.25) is 5.85 Å². The van der Waals surface area contributed by atoms with Crippen LogP contribution in [0.4, 0.5) is 4.79 Å². The summed E-state index contributed by atoms with van der Waals surface area (Å²) >= 11 is 0. The molecule has 0 unspecified atom stereocenters. The molecular weight excluding hydrogens is 375 g/mol. The third kappa shape index (κ3) is 7.34. The van der Waals surface area contributed by atoms with Crippen molar-refractivity contribution in [3.63, 3.8) is 0 Å². The lowest BCUT2D eigenvalue weighted by Gasteiger charge is -2.21. The number of unbranched alkanes of at least 4 members (excludes halogenated alkanes) is 1. The van der Waals surface area contributed by atoms with E-state index in [1.165, 1.54) is 20.3 Å². The Kier molecular flexibility index (Phi) is 10.1. The van der Waals surface area contributed by atoms with Crippen LogP contribution < -0.4 is 4.74 Å². The minimum absolute atomic E-state index is 0.533. The van der Waals surface area contributed by atoms with Crippen LogP contribution in [0.3, 0.4) is 0 Å². The average molecular weight is 402 g/mol. The Hall–Kier alpha value is -1.86. The van der Waals surface area contributed by atoms with Crippen LogP contribution in [0.25, 0.3) is 0 Å². The average Bonchev–Trinajstić information content (AvgIpc) is 2.71. The number of carbonyl (C=O) groups is 1. The molecule has 0 spiro atoms. The summed E-state index contributed by atoms with van der Waals surface area (Å²) in [4.78, 5) is 11.3. The highest BCUT2D eigenvalue weighted by atomic mass is 31.2. The van der Waals surface area contributed by atoms with Crippen LogP contribution in [0.1, 0.15) is 30.9 Å². The molecule has 0 aliphatic heterocycles. The SMILES string of the molecule is COC(=O)O[C@@H](/C=C/CCC[C@@H](O)c1ccc(OC)cc1)P(=O)(OC)OC. The molecule has 0 saturated carbocycles. The van der Waals surface area contributed by atoms with Gasteiger partial charge in [-0.3, -0.25) is 4.57 Å². The number of rotatable bonds is 11. The second-order valence-corrected chi connectivity index (χ2v) is 7.83. The minimum atomic E-state index is -3.65. The standard InChI is InChI=1S/C18H27O8P/c1-22-15-12-10-14(11-13-15)16(19)8-6-5-7-9-17(26-18(20)23-2)27(21,24-3)25-4/h7,9-13,16-17,19H,5-6,8H2,1-4H3/b9-7+/t16-,17-/m1/s1. The van der Waals surface area contributed by atoms with E-state index in [9.17, 15) is 14.5 Å². The van der Waals surface area contributed by atoms with Crippen LogP contribution in [0.5, 0.6) is 5.75 Å². The van der Waals surface area contributed by atoms with Crippen LogP contribution in [0.15, 0.2) is 36.4 Å². The van der Waals surface area contributed by atoms with Gasteiger partial charge < -0.3 is 28.4 Å². The van der Waals surface area contributed by atoms with Crippen LogP contribution in [-0.4, -0.2) is 45.5 Å². The van der Waals surface area contributed by atoms with Gasteiger partial charge in [0.25, 0.3) is 0 Å². The van der Waals surface area contributed by atoms with E-state index in [4.69, 9.17) is 18.5 Å². The van der Waals surface area contributed by atoms with Gasteiger partial charge in [0.15, 0.2) is 0 Å². The zero-order valence-corrected chi connectivity index (χ0v) is 16.9. The molecule has 0 saturated heterocycles. The third-order valence-electron chi connectivity index (χ3n) is 3.85. The number of hydrogen-bond donors (Lipinski definition) is 1. The van der Waals surface area contributed by atoms with Crippen molar-refractivity contribution in [3.8, 4) is 5.75 Å². The first-order valence-electron chi connectivity index (χ1n) is 8.34. The van der Waals surface area contributed by atoms with Crippen molar-refractivity contribution >= 4 is 13.8 Å². The number of carbonyl (C=O) groups excluding carboxylic acids is 1. The number of hydrogen-bond acceptors (Lipinski definition) is 8. The summed E-state index contributed by atoms with van der Waals surface area (Å²) in [6.45, 7) is 0. The van der Waals surface area contributed by atoms with Crippen molar-refractivity contribution in [1.29, 1.82) is 0 Å². The molecule has 0 bridgehead atoms. The van der Waals surface area contributed by atoms with Crippen LogP contribution in [0, 0.1) is 0 Å². The lowest BCUT2D eigenvalue weighted by Crippen LogP contribution is -2.18. The van der Waals surface area contributed by atoms with E-state index < -0.39 is 25.7 Å². The molecule has 1 N–H and O–H groups in total. The van der Waals surface area contributed by atoms with E-state index in [2.05, 4.69) is 4.74 Å². The molecule has 1 aromatic carbocycles. The summed E-state index contributed by atoms with van der Waals surface area (Å²) in [6, 6.07) is 7.21. The quantitative estimate of drug-likeness (QED) is 0.256. The predicted octanol–water partition coefficient (Wildman–Crippen LogP) is 4.05. The van der Waals surface area contributed by atoms with Gasteiger partial charge in [-0.2, -0.15) is 0 Å². The van der Waals surface area contributed by atoms with Crippen molar-refractivity contribution < 1.29 is 37.7 Å². The minimum Gasteiger partial charge on any atom is -0.497 e. The molecule has 2 atom stereocenters. The number of allylic oxidation sites excluding steroid dienone is 1. The number of benzene rings is 1. The second-order valence-electron chi connectivity index (χ2n) is 5.52. The number of aliphatic hydroxyl groups is 1. The normalized spacial score (nSPS) is 14.0. The molecular formula is C18H27O8P. The molecule has 0 aromatic heterocycles. The first kappa shape index (κ1) is 23.2. The van der Waals surface area contributed by atoms with E-state index >= 15 is 0 Å². The smallest absolute Gasteiger partial charge is 0.497 e. The molecule has 1 rings (SSSR count). The Morgan fingerprint density at radius 1 is 1.15 bits per heavy atom. The Labute approximate surface area is 159 Å². The lowest BCUT2D eigenvalue weighted by molar-refractivity contribution is 0.0625. The highest BCUT2D eigenvalue weighted by Gasteiger charge is 2.35. The molecule has 0 fully saturated rings. The Balaban J connectivity index is 2.57. The van der Waals surface area contributed by atoms with Gasteiger partial charge in [-0.25, -0.2) is 4.79 Å². The number of methoxy groups -OCH3 is 2. The van der Waals surface area contributed by atoms with Gasteiger partial charge in [0.05, 0.1) is 20.3 Å². The van der Waals surface area contributed by atoms with Crippen molar-refractivity contribution in [2.75, 3.05) is 28.4 Å². The molecule has 27 heavy (non-hydrogen) atoms. The van der Waals surface area contributed by atoms with Gasteiger partial charge in [-0.1, -0.05) is 18.2 Å². The maximum Gasteiger partial charge on any atom is 0.509 e. The first-order chi connectivity index (χ1) is 12.9. The van der Waals surface area contributed by atoms with E-state index in [0.29, 0.717) is 19.3 Å². The number of ether oxygens (including phenoxy) is 3. The first-order valence-corrected chi connectivity index (χ1v) is 9.95. The fourth-order valence-electron chi connectivity index (χ4n) is 2.27. The molecule has 8 nitrogen and oxygen atoms in total. The zero-order valence-electron chi connectivity index (χ0n) is 16.0. The maximum atomic E-state index is 12.4. The molecule has 0 heterocycles. The van der Waals surface area contributed by atoms with Crippen molar-refractivity contribution in [2.24, 2.45) is 0 Å². The Bertz CT molecular complexity index is 635. The van der Waals surface area contributed by atoms with E-state index in [-0.39, 0.29) is 0 Å². The maximum absolute atomic E-state index is 12.4. The molecule has 1 aromatic rings. The highest BCUT2D eigenvalue weighted by molar-refractivity contribution is 7.54. The number of aliphatic hydroxyl groups excluding tert-OH is 1. The van der Waals surface area contributed by atoms with Crippen molar-refractivity contribution in [1.82, 2.24) is 0 Å². The monoisotopic (exact) mass is 402 g/mol. The predicted molar refractivity (Wildman–Crippen MR) is 99.8 cm³/mol. The van der Waals surface area contributed by atoms with Gasteiger partial charge in [-0.15, -0.1) is 0 Å². The van der Waals surface area contributed by atoms with Crippen molar-refractivity contribution in [2.45, 2.75) is 31.2 Å². The van der Waals surface area contributed by atoms with Crippen LogP contribution in [-0.2, 0) is 23.1 Å². The summed E-state index contributed by atoms with van der Waals surface area (Å²) < 4.78 is 36.6. The zero-order chi connectivity index (χ0) is 20.3. The van der Waals surface area contributed by atoms with E-state index in [1.54, 1.807) is 25.3 Å². The lowest BCUT2D eigenvalue weighted by atomic mass is 10.0. The van der Waals surface area contributed by atoms with Gasteiger partial charge in [-0.05, 0) is 43.0 Å². The van der Waals surface area contributed by atoms with Gasteiger partial charge in [0, 0.05) is 14.2 Å². The largest absolute Gasteiger partial charge is 0.509 e. The van der Waals surface area contributed by atoms with Gasteiger partial charge >= 0.3 is 13.8 Å². The molecule has 9 heteroatoms. The summed E-state index contributed by atoms with van der Waals surface area (Å²) in [5, 5.41) is 10.2. The summed E-state index contributed by atoms with van der Waals surface area (Å²) in [7, 11) is 1.49. The fourth-order valence-corrected chi connectivity index (χ4v) is 3.39. The highest BCUT2D eigenvalue weighted by Crippen LogP contribution is 2.52. The summed E-state index contributed by atoms with van der Waals surface area (Å²) in [5.74, 6) is -0.488. The van der Waals surface area contributed by atoms with E-state index in [1.807, 2.05) is 12.1 Å². The van der Waals surface area contributed by atoms with E-state index in [0.717, 1.165) is 18.4 Å². The molecule has 0 aliphatic carbocycles. The molecule has 152 valence electrons. The molecule has 0 radical (unpaired) electrons. The topological polar surface area (TPSA) is 101 Å². The summed E-state index contributed by atoms with van der Waals surface area (Å²) in [5.41, 5.74) is 0.801.